The molecule has 1 fully saturated rings. The second kappa shape index (κ2) is 4.66. The number of rotatable bonds is 5. The number of hydrogen-bond donors (Lipinski definition) is 2. The van der Waals surface area contributed by atoms with Gasteiger partial charge in [0.15, 0.2) is 0 Å². The summed E-state index contributed by atoms with van der Waals surface area (Å²) in [6, 6.07) is 8.25. The predicted molar refractivity (Wildman–Crippen MR) is 62.3 cm³/mol. The first-order chi connectivity index (χ1) is 7.70. The molecule has 1 aromatic rings. The van der Waals surface area contributed by atoms with Gasteiger partial charge in [-0.3, -0.25) is 4.79 Å². The quantitative estimate of drug-likeness (QED) is 0.793. The van der Waals surface area contributed by atoms with Crippen molar-refractivity contribution >= 4 is 5.97 Å². The average molecular weight is 219 g/mol. The Kier molecular flexibility index (Phi) is 3.25. The lowest BCUT2D eigenvalue weighted by atomic mass is 9.97. The van der Waals surface area contributed by atoms with Gasteiger partial charge in [-0.25, -0.2) is 0 Å². The Balaban J connectivity index is 2.07. The van der Waals surface area contributed by atoms with E-state index in [0.29, 0.717) is 12.3 Å². The van der Waals surface area contributed by atoms with Gasteiger partial charge in [-0.15, -0.1) is 0 Å². The summed E-state index contributed by atoms with van der Waals surface area (Å²) >= 11 is 0. The molecule has 0 radical (unpaired) electrons. The van der Waals surface area contributed by atoms with E-state index in [9.17, 15) is 4.79 Å². The Morgan fingerprint density at radius 2 is 2.25 bits per heavy atom. The fourth-order valence-corrected chi connectivity index (χ4v) is 1.95. The highest BCUT2D eigenvalue weighted by atomic mass is 16.4. The van der Waals surface area contributed by atoms with Gasteiger partial charge in [0.05, 0.1) is 5.92 Å². The summed E-state index contributed by atoms with van der Waals surface area (Å²) in [7, 11) is 0. The molecular weight excluding hydrogens is 202 g/mol. The molecule has 0 amide bonds. The lowest BCUT2D eigenvalue weighted by molar-refractivity contribution is -0.141. The zero-order valence-electron chi connectivity index (χ0n) is 9.23. The molecule has 0 heterocycles. The second-order valence-corrected chi connectivity index (χ2v) is 4.49. The van der Waals surface area contributed by atoms with E-state index in [-0.39, 0.29) is 6.54 Å². The molecule has 16 heavy (non-hydrogen) atoms. The summed E-state index contributed by atoms with van der Waals surface area (Å²) in [5.74, 6) is -0.560. The summed E-state index contributed by atoms with van der Waals surface area (Å²) in [4.78, 5) is 10.9. The van der Waals surface area contributed by atoms with Crippen LogP contribution >= 0.6 is 0 Å². The highest BCUT2D eigenvalue weighted by Gasteiger charge is 2.24. The van der Waals surface area contributed by atoms with E-state index >= 15 is 0 Å². The van der Waals surface area contributed by atoms with E-state index in [1.165, 1.54) is 18.4 Å². The summed E-state index contributed by atoms with van der Waals surface area (Å²) in [5.41, 5.74) is 7.88. The minimum absolute atomic E-state index is 0.197. The van der Waals surface area contributed by atoms with Crippen LogP contribution in [0.5, 0.6) is 0 Å². The summed E-state index contributed by atoms with van der Waals surface area (Å²) < 4.78 is 0. The molecule has 0 bridgehead atoms. The lowest BCUT2D eigenvalue weighted by Crippen LogP contribution is -2.25. The van der Waals surface area contributed by atoms with Crippen LogP contribution < -0.4 is 5.73 Å². The van der Waals surface area contributed by atoms with E-state index in [4.69, 9.17) is 10.8 Å². The molecule has 0 spiro atoms. The van der Waals surface area contributed by atoms with Gasteiger partial charge >= 0.3 is 5.97 Å². The van der Waals surface area contributed by atoms with Crippen molar-refractivity contribution in [3.8, 4) is 0 Å². The number of carboxylic acid groups (broad SMARTS) is 1. The van der Waals surface area contributed by atoms with Crippen molar-refractivity contribution in [2.75, 3.05) is 6.54 Å². The first-order valence-electron chi connectivity index (χ1n) is 5.72. The third kappa shape index (κ3) is 2.61. The molecule has 1 atom stereocenters. The van der Waals surface area contributed by atoms with Gasteiger partial charge in [-0.2, -0.15) is 0 Å². The molecule has 1 saturated carbocycles. The van der Waals surface area contributed by atoms with Gasteiger partial charge in [0.2, 0.25) is 0 Å². The zero-order chi connectivity index (χ0) is 11.5. The van der Waals surface area contributed by atoms with Gasteiger partial charge in [0.25, 0.3) is 0 Å². The molecule has 1 aliphatic rings. The fourth-order valence-electron chi connectivity index (χ4n) is 1.95. The van der Waals surface area contributed by atoms with Gasteiger partial charge in [0.1, 0.15) is 0 Å². The summed E-state index contributed by atoms with van der Waals surface area (Å²) in [6.07, 6.45) is 3.07. The van der Waals surface area contributed by atoms with Crippen LogP contribution in [-0.2, 0) is 11.2 Å². The van der Waals surface area contributed by atoms with Crippen LogP contribution in [0.25, 0.3) is 0 Å². The molecule has 3 N–H and O–H groups in total. The molecular formula is C13H17NO2. The third-order valence-corrected chi connectivity index (χ3v) is 3.12. The van der Waals surface area contributed by atoms with Crippen LogP contribution in [-0.4, -0.2) is 17.6 Å². The van der Waals surface area contributed by atoms with Gasteiger partial charge in [0, 0.05) is 6.54 Å². The molecule has 0 aliphatic heterocycles. The maximum Gasteiger partial charge on any atom is 0.308 e. The highest BCUT2D eigenvalue weighted by Crippen LogP contribution is 2.40. The van der Waals surface area contributed by atoms with E-state index in [0.717, 1.165) is 5.56 Å². The van der Waals surface area contributed by atoms with Crippen molar-refractivity contribution in [2.45, 2.75) is 25.2 Å². The number of aliphatic carboxylic acids is 1. The van der Waals surface area contributed by atoms with Crippen LogP contribution in [0.1, 0.15) is 29.9 Å². The molecule has 3 heteroatoms. The van der Waals surface area contributed by atoms with Crippen molar-refractivity contribution in [1.82, 2.24) is 0 Å². The van der Waals surface area contributed by atoms with Crippen LogP contribution in [0, 0.1) is 5.92 Å². The Hall–Kier alpha value is -1.35. The lowest BCUT2D eigenvalue weighted by Gasteiger charge is -2.10. The van der Waals surface area contributed by atoms with Gasteiger partial charge in [-0.1, -0.05) is 24.3 Å². The van der Waals surface area contributed by atoms with Crippen LogP contribution in [0.3, 0.4) is 0 Å². The maximum absolute atomic E-state index is 10.9. The molecule has 1 unspecified atom stereocenters. The molecule has 1 aliphatic carbocycles. The SMILES string of the molecule is NCC(Cc1cccc(C2CC2)c1)C(=O)O. The summed E-state index contributed by atoms with van der Waals surface area (Å²) in [5, 5.41) is 8.95. The predicted octanol–water partition coefficient (Wildman–Crippen LogP) is 1.77. The first-order valence-corrected chi connectivity index (χ1v) is 5.72. The molecule has 0 saturated heterocycles. The van der Waals surface area contributed by atoms with Crippen molar-refractivity contribution in [3.05, 3.63) is 35.4 Å². The monoisotopic (exact) mass is 219 g/mol. The Morgan fingerprint density at radius 3 is 2.81 bits per heavy atom. The number of hydrogen-bond acceptors (Lipinski definition) is 2. The van der Waals surface area contributed by atoms with Crippen molar-refractivity contribution < 1.29 is 9.90 Å². The maximum atomic E-state index is 10.9. The molecule has 1 aromatic carbocycles. The minimum atomic E-state index is -0.806. The normalized spacial score (nSPS) is 17.1. The van der Waals surface area contributed by atoms with Crippen LogP contribution in [0.4, 0.5) is 0 Å². The summed E-state index contributed by atoms with van der Waals surface area (Å²) in [6.45, 7) is 0.197. The van der Waals surface area contributed by atoms with Gasteiger partial charge < -0.3 is 10.8 Å². The number of carboxylic acids is 1. The van der Waals surface area contributed by atoms with E-state index in [2.05, 4.69) is 12.1 Å². The minimum Gasteiger partial charge on any atom is -0.481 e. The fraction of sp³-hybridized carbons (Fsp3) is 0.462. The smallest absolute Gasteiger partial charge is 0.308 e. The zero-order valence-corrected chi connectivity index (χ0v) is 9.23. The first kappa shape index (κ1) is 11.1. The molecule has 3 nitrogen and oxygen atoms in total. The third-order valence-electron chi connectivity index (χ3n) is 3.12. The van der Waals surface area contributed by atoms with Crippen molar-refractivity contribution in [3.63, 3.8) is 0 Å². The Bertz CT molecular complexity index is 385. The molecule has 0 aromatic heterocycles. The topological polar surface area (TPSA) is 63.3 Å². The number of carbonyl (C=O) groups is 1. The molecule has 2 rings (SSSR count). The number of nitrogens with two attached hydrogens (primary N) is 1. The van der Waals surface area contributed by atoms with E-state index in [1.54, 1.807) is 0 Å². The highest BCUT2D eigenvalue weighted by molar-refractivity contribution is 5.70. The van der Waals surface area contributed by atoms with E-state index < -0.39 is 11.9 Å². The second-order valence-electron chi connectivity index (χ2n) is 4.49. The van der Waals surface area contributed by atoms with Crippen LogP contribution in [0.2, 0.25) is 0 Å². The van der Waals surface area contributed by atoms with Crippen molar-refractivity contribution in [2.24, 2.45) is 11.7 Å². The Morgan fingerprint density at radius 1 is 1.50 bits per heavy atom. The number of benzene rings is 1. The average Bonchev–Trinajstić information content (AvgIpc) is 3.09. The Labute approximate surface area is 95.3 Å². The van der Waals surface area contributed by atoms with E-state index in [1.807, 2.05) is 12.1 Å². The standard InChI is InChI=1S/C13H17NO2/c14-8-12(13(15)16)7-9-2-1-3-11(6-9)10-4-5-10/h1-3,6,10,12H,4-5,7-8,14H2,(H,15,16). The largest absolute Gasteiger partial charge is 0.481 e. The van der Waals surface area contributed by atoms with Gasteiger partial charge in [-0.05, 0) is 36.3 Å². The van der Waals surface area contributed by atoms with Crippen molar-refractivity contribution in [1.29, 1.82) is 0 Å². The van der Waals surface area contributed by atoms with Crippen LogP contribution in [0.15, 0.2) is 24.3 Å². The molecule has 86 valence electrons.